The van der Waals surface area contributed by atoms with Crippen molar-refractivity contribution in [1.29, 1.82) is 0 Å². The number of amides is 1. The van der Waals surface area contributed by atoms with Crippen molar-refractivity contribution in [1.82, 2.24) is 5.32 Å². The molecule has 1 unspecified atom stereocenters. The number of hydrogen-bond donors (Lipinski definition) is 3. The molecule has 0 aliphatic carbocycles. The summed E-state index contributed by atoms with van der Waals surface area (Å²) >= 11 is 0. The van der Waals surface area contributed by atoms with E-state index in [4.69, 9.17) is 10.8 Å². The number of rotatable bonds is 9. The second kappa shape index (κ2) is 9.60. The summed E-state index contributed by atoms with van der Waals surface area (Å²) in [5.41, 5.74) is 5.53. The van der Waals surface area contributed by atoms with Crippen molar-refractivity contribution in [2.75, 3.05) is 13.2 Å². The molecule has 4 heteroatoms. The number of nitrogens with one attached hydrogen (secondary N) is 1. The third-order valence-electron chi connectivity index (χ3n) is 2.73. The first-order chi connectivity index (χ1) is 7.63. The third kappa shape index (κ3) is 7.65. The molecule has 1 amide bonds. The maximum atomic E-state index is 11.5. The van der Waals surface area contributed by atoms with Gasteiger partial charge in [0.25, 0.3) is 0 Å². The number of nitrogens with two attached hydrogens (primary N) is 1. The maximum Gasteiger partial charge on any atom is 0.220 e. The Kier molecular flexibility index (Phi) is 9.24. The molecule has 16 heavy (non-hydrogen) atoms. The van der Waals surface area contributed by atoms with Crippen LogP contribution < -0.4 is 11.1 Å². The van der Waals surface area contributed by atoms with Crippen molar-refractivity contribution in [3.05, 3.63) is 0 Å². The van der Waals surface area contributed by atoms with E-state index in [2.05, 4.69) is 12.2 Å². The Morgan fingerprint density at radius 1 is 1.38 bits per heavy atom. The predicted octanol–water partition coefficient (Wildman–Crippen LogP) is 1.03. The van der Waals surface area contributed by atoms with E-state index in [0.717, 1.165) is 25.7 Å². The highest BCUT2D eigenvalue weighted by molar-refractivity contribution is 5.76. The molecule has 0 rings (SSSR count). The molecular formula is C12H26N2O2. The van der Waals surface area contributed by atoms with E-state index < -0.39 is 0 Å². The summed E-state index contributed by atoms with van der Waals surface area (Å²) < 4.78 is 0. The fourth-order valence-corrected chi connectivity index (χ4v) is 1.80. The van der Waals surface area contributed by atoms with Crippen molar-refractivity contribution < 1.29 is 9.90 Å². The van der Waals surface area contributed by atoms with Crippen LogP contribution in [0.1, 0.15) is 46.0 Å². The highest BCUT2D eigenvalue weighted by Gasteiger charge is 2.11. The van der Waals surface area contributed by atoms with Gasteiger partial charge < -0.3 is 16.2 Å². The molecule has 0 fully saturated rings. The summed E-state index contributed by atoms with van der Waals surface area (Å²) in [5.74, 6) is 0.588. The number of aliphatic hydroxyl groups excluding tert-OH is 1. The lowest BCUT2D eigenvalue weighted by molar-refractivity contribution is -0.122. The number of hydrogen-bond acceptors (Lipinski definition) is 3. The molecule has 0 aliphatic heterocycles. The maximum absolute atomic E-state index is 11.5. The second-order valence-corrected chi connectivity index (χ2v) is 4.42. The van der Waals surface area contributed by atoms with E-state index in [0.29, 0.717) is 18.9 Å². The van der Waals surface area contributed by atoms with Gasteiger partial charge in [0, 0.05) is 12.5 Å². The molecule has 4 N–H and O–H groups in total. The zero-order valence-corrected chi connectivity index (χ0v) is 10.5. The van der Waals surface area contributed by atoms with Crippen LogP contribution in [0.15, 0.2) is 0 Å². The molecule has 96 valence electrons. The van der Waals surface area contributed by atoms with E-state index in [1.165, 1.54) is 0 Å². The molecule has 0 saturated heterocycles. The first kappa shape index (κ1) is 15.4. The fourth-order valence-electron chi connectivity index (χ4n) is 1.80. The summed E-state index contributed by atoms with van der Waals surface area (Å²) in [6.45, 7) is 4.63. The molecular weight excluding hydrogens is 204 g/mol. The predicted molar refractivity (Wildman–Crippen MR) is 66.0 cm³/mol. The Morgan fingerprint density at radius 3 is 2.56 bits per heavy atom. The average Bonchev–Trinajstić information content (AvgIpc) is 2.26. The number of aliphatic hydroxyl groups is 1. The van der Waals surface area contributed by atoms with Crippen molar-refractivity contribution in [2.45, 2.75) is 52.0 Å². The van der Waals surface area contributed by atoms with Gasteiger partial charge in [-0.1, -0.05) is 19.8 Å². The van der Waals surface area contributed by atoms with Gasteiger partial charge in [0.2, 0.25) is 5.91 Å². The quantitative estimate of drug-likeness (QED) is 0.554. The minimum Gasteiger partial charge on any atom is -0.394 e. The summed E-state index contributed by atoms with van der Waals surface area (Å²) in [7, 11) is 0. The van der Waals surface area contributed by atoms with E-state index >= 15 is 0 Å². The summed E-state index contributed by atoms with van der Waals surface area (Å²) in [6.07, 6.45) is 4.71. The molecule has 0 spiro atoms. The number of carbonyl (C=O) groups is 1. The van der Waals surface area contributed by atoms with Crippen LogP contribution >= 0.6 is 0 Å². The molecule has 0 radical (unpaired) electrons. The minimum atomic E-state index is -0.147. The normalized spacial score (nSPS) is 14.5. The monoisotopic (exact) mass is 230 g/mol. The van der Waals surface area contributed by atoms with Gasteiger partial charge >= 0.3 is 0 Å². The molecule has 4 nitrogen and oxygen atoms in total. The van der Waals surface area contributed by atoms with Crippen LogP contribution in [0.5, 0.6) is 0 Å². The van der Waals surface area contributed by atoms with Crippen molar-refractivity contribution in [3.63, 3.8) is 0 Å². The van der Waals surface area contributed by atoms with Crippen LogP contribution in [0, 0.1) is 5.92 Å². The Labute approximate surface area is 98.6 Å². The highest BCUT2D eigenvalue weighted by atomic mass is 16.3. The van der Waals surface area contributed by atoms with E-state index in [9.17, 15) is 4.79 Å². The van der Waals surface area contributed by atoms with Gasteiger partial charge in [0.05, 0.1) is 6.61 Å². The van der Waals surface area contributed by atoms with Crippen LogP contribution in [0.4, 0.5) is 0 Å². The SMILES string of the molecule is CCCC(CCN)CCC(=O)N[C@@H](C)CO. The third-order valence-corrected chi connectivity index (χ3v) is 2.73. The van der Waals surface area contributed by atoms with Crippen LogP contribution in [0.25, 0.3) is 0 Å². The molecule has 0 heterocycles. The van der Waals surface area contributed by atoms with Gasteiger partial charge in [-0.05, 0) is 32.2 Å². The van der Waals surface area contributed by atoms with Crippen LogP contribution in [0.3, 0.4) is 0 Å². The zero-order chi connectivity index (χ0) is 12.4. The topological polar surface area (TPSA) is 75.4 Å². The standard InChI is InChI=1S/C12H26N2O2/c1-3-4-11(7-8-13)5-6-12(16)14-10(2)9-15/h10-11,15H,3-9,13H2,1-2H3,(H,14,16)/t10-,11?/m0/s1. The minimum absolute atomic E-state index is 0.00702. The first-order valence-corrected chi connectivity index (χ1v) is 6.24. The molecule has 0 aliphatic rings. The largest absolute Gasteiger partial charge is 0.394 e. The van der Waals surface area contributed by atoms with Gasteiger partial charge in [-0.25, -0.2) is 0 Å². The molecule has 0 aromatic carbocycles. The Hall–Kier alpha value is -0.610. The van der Waals surface area contributed by atoms with Gasteiger partial charge in [-0.15, -0.1) is 0 Å². The summed E-state index contributed by atoms with van der Waals surface area (Å²) in [6, 6.07) is -0.147. The molecule has 0 aromatic heterocycles. The average molecular weight is 230 g/mol. The molecule has 0 saturated carbocycles. The lowest BCUT2D eigenvalue weighted by atomic mass is 9.94. The Bertz CT molecular complexity index is 180. The molecule has 0 bridgehead atoms. The van der Waals surface area contributed by atoms with Crippen LogP contribution in [-0.4, -0.2) is 30.2 Å². The van der Waals surface area contributed by atoms with Crippen LogP contribution in [-0.2, 0) is 4.79 Å². The van der Waals surface area contributed by atoms with Crippen molar-refractivity contribution >= 4 is 5.91 Å². The molecule has 2 atom stereocenters. The van der Waals surface area contributed by atoms with Gasteiger partial charge in [-0.3, -0.25) is 4.79 Å². The Balaban J connectivity index is 3.77. The summed E-state index contributed by atoms with van der Waals surface area (Å²) in [4.78, 5) is 11.5. The van der Waals surface area contributed by atoms with E-state index in [-0.39, 0.29) is 18.6 Å². The zero-order valence-electron chi connectivity index (χ0n) is 10.5. The van der Waals surface area contributed by atoms with Gasteiger partial charge in [0.15, 0.2) is 0 Å². The van der Waals surface area contributed by atoms with Crippen molar-refractivity contribution in [2.24, 2.45) is 11.7 Å². The van der Waals surface area contributed by atoms with E-state index in [1.54, 1.807) is 6.92 Å². The lowest BCUT2D eigenvalue weighted by Gasteiger charge is -2.16. The lowest BCUT2D eigenvalue weighted by Crippen LogP contribution is -2.35. The Morgan fingerprint density at radius 2 is 2.06 bits per heavy atom. The first-order valence-electron chi connectivity index (χ1n) is 6.24. The highest BCUT2D eigenvalue weighted by Crippen LogP contribution is 2.16. The van der Waals surface area contributed by atoms with Gasteiger partial charge in [-0.2, -0.15) is 0 Å². The number of carbonyl (C=O) groups excluding carboxylic acids is 1. The van der Waals surface area contributed by atoms with Crippen LogP contribution in [0.2, 0.25) is 0 Å². The molecule has 0 aromatic rings. The second-order valence-electron chi connectivity index (χ2n) is 4.42. The summed E-state index contributed by atoms with van der Waals surface area (Å²) in [5, 5.41) is 11.5. The van der Waals surface area contributed by atoms with Crippen molar-refractivity contribution in [3.8, 4) is 0 Å². The van der Waals surface area contributed by atoms with Gasteiger partial charge in [0.1, 0.15) is 0 Å². The fraction of sp³-hybridized carbons (Fsp3) is 0.917. The van der Waals surface area contributed by atoms with E-state index in [1.807, 2.05) is 0 Å². The smallest absolute Gasteiger partial charge is 0.220 e.